The monoisotopic (exact) mass is 557 g/mol. The Labute approximate surface area is 221 Å². The Hall–Kier alpha value is -2.79. The molecule has 2 aromatic carbocycles. The first kappa shape index (κ1) is 29.8. The zero-order chi connectivity index (χ0) is 27.8. The van der Waals surface area contributed by atoms with Gasteiger partial charge in [0, 0.05) is 30.2 Å². The quantitative estimate of drug-likeness (QED) is 0.186. The number of carbonyl (C=O) groups excluding carboxylic acids is 1. The highest BCUT2D eigenvalue weighted by Crippen LogP contribution is 2.46. The van der Waals surface area contributed by atoms with E-state index in [-0.39, 0.29) is 30.0 Å². The van der Waals surface area contributed by atoms with Crippen molar-refractivity contribution in [1.29, 1.82) is 0 Å². The fourth-order valence-corrected chi connectivity index (χ4v) is 5.74. The Morgan fingerprint density at radius 1 is 1.03 bits per heavy atom. The lowest BCUT2D eigenvalue weighted by atomic mass is 9.85. The number of phenolic OH excluding ortho intramolecular Hbond substituents is 1. The average molecular weight is 558 g/mol. The van der Waals surface area contributed by atoms with Crippen molar-refractivity contribution >= 4 is 16.1 Å². The van der Waals surface area contributed by atoms with Crippen LogP contribution in [0.3, 0.4) is 0 Å². The Morgan fingerprint density at radius 2 is 1.76 bits per heavy atom. The fourth-order valence-electron chi connectivity index (χ4n) is 4.76. The van der Waals surface area contributed by atoms with Crippen LogP contribution in [0.2, 0.25) is 0 Å². The van der Waals surface area contributed by atoms with Gasteiger partial charge in [-0.1, -0.05) is 37.1 Å². The first-order chi connectivity index (χ1) is 18.0. The maximum atomic E-state index is 12.4. The molecule has 210 valence electrons. The summed E-state index contributed by atoms with van der Waals surface area (Å²) in [5.41, 5.74) is 7.81. The average Bonchev–Trinajstić information content (AvgIpc) is 3.21. The number of alkyl halides is 3. The van der Waals surface area contributed by atoms with Crippen LogP contribution >= 0.6 is 0 Å². The second kappa shape index (κ2) is 13.3. The summed E-state index contributed by atoms with van der Waals surface area (Å²) < 4.78 is 72.4. The van der Waals surface area contributed by atoms with E-state index in [1.165, 1.54) is 18.2 Å². The minimum atomic E-state index is -4.46. The number of unbranched alkanes of at least 4 members (excludes halogenated alkanes) is 3. The van der Waals surface area contributed by atoms with Crippen molar-refractivity contribution in [1.82, 2.24) is 0 Å². The molecule has 0 aliphatic heterocycles. The highest BCUT2D eigenvalue weighted by molar-refractivity contribution is 7.87. The first-order valence-electron chi connectivity index (χ1n) is 12.7. The van der Waals surface area contributed by atoms with Crippen LogP contribution in [0.4, 0.5) is 13.2 Å². The lowest BCUT2D eigenvalue weighted by Gasteiger charge is -2.22. The van der Waals surface area contributed by atoms with Crippen molar-refractivity contribution in [2.45, 2.75) is 63.5 Å². The van der Waals surface area contributed by atoms with Gasteiger partial charge < -0.3 is 19.8 Å². The summed E-state index contributed by atoms with van der Waals surface area (Å²) in [6, 6.07) is 11.5. The van der Waals surface area contributed by atoms with E-state index < -0.39 is 40.8 Å². The highest BCUT2D eigenvalue weighted by Gasteiger charge is 2.36. The summed E-state index contributed by atoms with van der Waals surface area (Å²) in [5.74, 6) is -1.91. The summed E-state index contributed by atoms with van der Waals surface area (Å²) >= 11 is 0. The van der Waals surface area contributed by atoms with Crippen molar-refractivity contribution in [3.8, 4) is 11.5 Å². The highest BCUT2D eigenvalue weighted by atomic mass is 32.2. The van der Waals surface area contributed by atoms with Crippen LogP contribution in [-0.2, 0) is 26.1 Å². The number of halogens is 3. The van der Waals surface area contributed by atoms with Gasteiger partial charge in [-0.05, 0) is 61.6 Å². The minimum absolute atomic E-state index is 0.0928. The molecule has 0 amide bonds. The molecule has 1 aliphatic carbocycles. The third-order valence-corrected chi connectivity index (χ3v) is 7.78. The maximum absolute atomic E-state index is 12.4. The molecule has 2 aromatic rings. The zero-order valence-electron chi connectivity index (χ0n) is 21.1. The van der Waals surface area contributed by atoms with Gasteiger partial charge >= 0.3 is 22.3 Å². The van der Waals surface area contributed by atoms with E-state index in [0.29, 0.717) is 31.4 Å². The van der Waals surface area contributed by atoms with Gasteiger partial charge in [-0.3, -0.25) is 4.79 Å². The van der Waals surface area contributed by atoms with Crippen molar-refractivity contribution in [3.63, 3.8) is 0 Å². The van der Waals surface area contributed by atoms with E-state index in [9.17, 15) is 31.5 Å². The van der Waals surface area contributed by atoms with Gasteiger partial charge in [0.25, 0.3) is 0 Å². The molecule has 0 saturated heterocycles. The van der Waals surface area contributed by atoms with Gasteiger partial charge in [-0.15, -0.1) is 0 Å². The van der Waals surface area contributed by atoms with Gasteiger partial charge in [0.2, 0.25) is 0 Å². The number of ether oxygens (including phenoxy) is 1. The molecule has 38 heavy (non-hydrogen) atoms. The number of carbonyl (C=O) groups is 1. The molecule has 0 spiro atoms. The van der Waals surface area contributed by atoms with Crippen molar-refractivity contribution < 1.29 is 40.4 Å². The second-order valence-corrected chi connectivity index (χ2v) is 11.3. The molecular weight excluding hydrogens is 523 g/mol. The van der Waals surface area contributed by atoms with Gasteiger partial charge in [-0.2, -0.15) is 21.6 Å². The summed E-state index contributed by atoms with van der Waals surface area (Å²) in [5, 5.41) is 10.7. The zero-order valence-corrected chi connectivity index (χ0v) is 21.9. The van der Waals surface area contributed by atoms with E-state index >= 15 is 0 Å². The van der Waals surface area contributed by atoms with E-state index in [1.54, 1.807) is 0 Å². The lowest BCUT2D eigenvalue weighted by Crippen LogP contribution is -2.19. The van der Waals surface area contributed by atoms with E-state index in [4.69, 9.17) is 14.7 Å². The third kappa shape index (κ3) is 8.90. The topological polar surface area (TPSA) is 116 Å². The number of hydrogen-bond acceptors (Lipinski definition) is 7. The molecule has 0 fully saturated rings. The smallest absolute Gasteiger partial charge is 0.389 e. The lowest BCUT2D eigenvalue weighted by molar-refractivity contribution is -0.145. The molecular formula is C27H34F3NO6S. The third-order valence-electron chi connectivity index (χ3n) is 6.55. The summed E-state index contributed by atoms with van der Waals surface area (Å²) in [7, 11) is -4.28. The predicted molar refractivity (Wildman–Crippen MR) is 136 cm³/mol. The van der Waals surface area contributed by atoms with Crippen LogP contribution in [0.5, 0.6) is 11.5 Å². The van der Waals surface area contributed by atoms with E-state index in [0.717, 1.165) is 30.4 Å². The molecule has 0 bridgehead atoms. The predicted octanol–water partition coefficient (Wildman–Crippen LogP) is 5.20. The minimum Gasteiger partial charge on any atom is -0.508 e. The van der Waals surface area contributed by atoms with Crippen LogP contribution < -0.4 is 9.92 Å². The van der Waals surface area contributed by atoms with Gasteiger partial charge in [-0.25, -0.2) is 0 Å². The van der Waals surface area contributed by atoms with Crippen LogP contribution in [-0.4, -0.2) is 44.6 Å². The number of aromatic hydroxyl groups is 1. The molecule has 11 heteroatoms. The van der Waals surface area contributed by atoms with E-state index in [2.05, 4.69) is 0 Å². The molecule has 1 aliphatic rings. The molecule has 2 atom stereocenters. The largest absolute Gasteiger partial charge is 0.508 e. The number of rotatable bonds is 14. The fraction of sp³-hybridized carbons (Fsp3) is 0.519. The van der Waals surface area contributed by atoms with Crippen molar-refractivity contribution in [3.05, 3.63) is 59.2 Å². The number of fused-ring (bicyclic) bond motifs is 1. The van der Waals surface area contributed by atoms with Crippen LogP contribution in [0.1, 0.15) is 67.6 Å². The standard InChI is InChI=1S/C27H34F3NO6S/c28-27(29,30)13-7-15-38(34,35)37-21-11-12-24(32)23(17-21)26-20(16-19-8-4-5-9-22(19)26)18-36-25(33)10-3-1-2-6-14-31/h4-5,8-9,11-12,17,20,26,32H,1-3,6-7,10,13-16,18,31H2/t20-,26?/m0/s1. The number of nitrogens with two attached hydrogens (primary N) is 1. The van der Waals surface area contributed by atoms with Crippen molar-refractivity contribution in [2.75, 3.05) is 18.9 Å². The number of esters is 1. The Bertz CT molecular complexity index is 1190. The Kier molecular flexibility index (Phi) is 10.4. The molecule has 3 rings (SSSR count). The molecule has 0 radical (unpaired) electrons. The molecule has 3 N–H and O–H groups in total. The normalized spacial score (nSPS) is 17.3. The van der Waals surface area contributed by atoms with Crippen LogP contribution in [0.25, 0.3) is 0 Å². The van der Waals surface area contributed by atoms with Gasteiger partial charge in [0.05, 0.1) is 12.4 Å². The maximum Gasteiger partial charge on any atom is 0.389 e. The molecule has 1 unspecified atom stereocenters. The van der Waals surface area contributed by atoms with Crippen LogP contribution in [0.15, 0.2) is 42.5 Å². The number of hydrogen-bond donors (Lipinski definition) is 2. The SMILES string of the molecule is NCCCCCCC(=O)OC[C@@H]1Cc2ccccc2C1c1cc(OS(=O)(=O)CCCC(F)(F)F)ccc1O. The van der Waals surface area contributed by atoms with Crippen LogP contribution in [0, 0.1) is 5.92 Å². The van der Waals surface area contributed by atoms with Crippen molar-refractivity contribution in [2.24, 2.45) is 11.7 Å². The summed E-state index contributed by atoms with van der Waals surface area (Å²) in [4.78, 5) is 12.3. The number of benzene rings is 2. The van der Waals surface area contributed by atoms with Gasteiger partial charge in [0.1, 0.15) is 11.5 Å². The van der Waals surface area contributed by atoms with Gasteiger partial charge in [0.15, 0.2) is 0 Å². The summed E-state index contributed by atoms with van der Waals surface area (Å²) in [6.45, 7) is 0.735. The first-order valence-corrected chi connectivity index (χ1v) is 14.3. The molecule has 0 saturated carbocycles. The molecule has 0 heterocycles. The second-order valence-electron chi connectivity index (χ2n) is 9.56. The Balaban J connectivity index is 1.73. The summed E-state index contributed by atoms with van der Waals surface area (Å²) in [6.07, 6.45) is -1.94. The molecule has 0 aromatic heterocycles. The number of phenols is 1. The Morgan fingerprint density at radius 3 is 2.50 bits per heavy atom. The van der Waals surface area contributed by atoms with E-state index in [1.807, 2.05) is 24.3 Å². The molecule has 7 nitrogen and oxygen atoms in total.